The van der Waals surface area contributed by atoms with Gasteiger partial charge in [-0.3, -0.25) is 0 Å². The van der Waals surface area contributed by atoms with Gasteiger partial charge in [-0.15, -0.1) is 0 Å². The lowest BCUT2D eigenvalue weighted by atomic mass is 10.1. The molecule has 0 unspecified atom stereocenters. The van der Waals surface area contributed by atoms with Gasteiger partial charge in [-0.05, 0) is 48.5 Å². The van der Waals surface area contributed by atoms with Crippen LogP contribution in [0, 0.1) is 0 Å². The molecular weight excluding hydrogens is 398 g/mol. The molecule has 3 heteroatoms. The highest BCUT2D eigenvalue weighted by Crippen LogP contribution is 2.41. The van der Waals surface area contributed by atoms with E-state index >= 15 is 0 Å². The Morgan fingerprint density at radius 1 is 0.667 bits per heavy atom. The maximum atomic E-state index is 6.15. The molecule has 0 spiro atoms. The van der Waals surface area contributed by atoms with Crippen molar-refractivity contribution < 1.29 is 4.42 Å². The molecule has 27 heavy (non-hydrogen) atoms. The van der Waals surface area contributed by atoms with Crippen LogP contribution in [0.1, 0.15) is 0 Å². The monoisotopic (exact) mass is 411 g/mol. The summed E-state index contributed by atoms with van der Waals surface area (Å²) < 4.78 is 9.58. The van der Waals surface area contributed by atoms with Gasteiger partial charge in [0.25, 0.3) is 0 Å². The Morgan fingerprint density at radius 3 is 2.37 bits per heavy atom. The Hall–Kier alpha value is -3.04. The Balaban J connectivity index is 1.95. The summed E-state index contributed by atoms with van der Waals surface area (Å²) in [5, 5.41) is 4.78. The van der Waals surface area contributed by atoms with Gasteiger partial charge in [0.1, 0.15) is 11.2 Å². The van der Waals surface area contributed by atoms with Gasteiger partial charge in [-0.25, -0.2) is 0 Å². The number of benzene rings is 4. The van der Waals surface area contributed by atoms with Crippen LogP contribution in [0.25, 0.3) is 49.4 Å². The lowest BCUT2D eigenvalue weighted by molar-refractivity contribution is 0.669. The van der Waals surface area contributed by atoms with Crippen molar-refractivity contribution >= 4 is 59.7 Å². The quantitative estimate of drug-likeness (QED) is 0.274. The molecular formula is C24H14BrNO. The van der Waals surface area contributed by atoms with Crippen LogP contribution >= 0.6 is 15.9 Å². The van der Waals surface area contributed by atoms with Gasteiger partial charge >= 0.3 is 0 Å². The number of halogens is 1. The molecule has 0 radical (unpaired) electrons. The maximum Gasteiger partial charge on any atom is 0.137 e. The zero-order valence-electron chi connectivity index (χ0n) is 14.3. The fourth-order valence-electron chi connectivity index (χ4n) is 4.13. The Labute approximate surface area is 163 Å². The minimum atomic E-state index is 0.919. The third-order valence-electron chi connectivity index (χ3n) is 5.24. The van der Waals surface area contributed by atoms with Gasteiger partial charge in [0, 0.05) is 26.3 Å². The topological polar surface area (TPSA) is 18.1 Å². The summed E-state index contributed by atoms with van der Waals surface area (Å²) in [6.45, 7) is 0. The van der Waals surface area contributed by atoms with Crippen molar-refractivity contribution in [3.8, 4) is 5.69 Å². The first kappa shape index (κ1) is 15.1. The van der Waals surface area contributed by atoms with Crippen LogP contribution in [0.15, 0.2) is 93.8 Å². The summed E-state index contributed by atoms with van der Waals surface area (Å²) in [6.07, 6.45) is 0. The number of rotatable bonds is 1. The van der Waals surface area contributed by atoms with Gasteiger partial charge in [0.15, 0.2) is 0 Å². The van der Waals surface area contributed by atoms with E-state index < -0.39 is 0 Å². The van der Waals surface area contributed by atoms with Crippen molar-refractivity contribution in [2.75, 3.05) is 0 Å². The predicted octanol–water partition coefficient (Wildman–Crippen LogP) is 7.45. The highest BCUT2D eigenvalue weighted by Gasteiger charge is 2.18. The van der Waals surface area contributed by atoms with Crippen LogP contribution in [0.4, 0.5) is 0 Å². The molecule has 6 aromatic rings. The summed E-state index contributed by atoms with van der Waals surface area (Å²) in [5.41, 5.74) is 5.38. The summed E-state index contributed by atoms with van der Waals surface area (Å²) >= 11 is 3.64. The first-order valence-corrected chi connectivity index (χ1v) is 9.70. The normalized spacial score (nSPS) is 11.9. The number of furan rings is 1. The largest absolute Gasteiger partial charge is 0.456 e. The molecule has 0 aliphatic heterocycles. The molecule has 0 amide bonds. The Kier molecular flexibility index (Phi) is 3.06. The Morgan fingerprint density at radius 2 is 1.48 bits per heavy atom. The fourth-order valence-corrected chi connectivity index (χ4v) is 4.49. The SMILES string of the molecule is Brc1ccc2c(c1)c1ccc3oc4ccccc4c3c1n2-c1ccccc1. The molecule has 0 N–H and O–H groups in total. The summed E-state index contributed by atoms with van der Waals surface area (Å²) in [5.74, 6) is 0. The van der Waals surface area contributed by atoms with Crippen molar-refractivity contribution in [1.82, 2.24) is 4.57 Å². The van der Waals surface area contributed by atoms with Crippen LogP contribution in [-0.2, 0) is 0 Å². The molecule has 0 aliphatic rings. The summed E-state index contributed by atoms with van der Waals surface area (Å²) in [6, 6.07) is 29.5. The highest BCUT2D eigenvalue weighted by atomic mass is 79.9. The fraction of sp³-hybridized carbons (Fsp3) is 0. The van der Waals surface area contributed by atoms with E-state index in [0.717, 1.165) is 26.7 Å². The third kappa shape index (κ3) is 2.06. The average Bonchev–Trinajstić information content (AvgIpc) is 3.23. The van der Waals surface area contributed by atoms with Crippen LogP contribution in [0.3, 0.4) is 0 Å². The highest BCUT2D eigenvalue weighted by molar-refractivity contribution is 9.10. The molecule has 0 saturated heterocycles. The van der Waals surface area contributed by atoms with E-state index in [0.29, 0.717) is 0 Å². The van der Waals surface area contributed by atoms with Crippen molar-refractivity contribution in [3.05, 3.63) is 89.4 Å². The minimum absolute atomic E-state index is 0.919. The first-order valence-electron chi connectivity index (χ1n) is 8.90. The second-order valence-electron chi connectivity index (χ2n) is 6.77. The average molecular weight is 412 g/mol. The molecule has 2 nitrogen and oxygen atoms in total. The molecule has 6 rings (SSSR count). The minimum Gasteiger partial charge on any atom is -0.456 e. The van der Waals surface area contributed by atoms with E-state index in [9.17, 15) is 0 Å². The predicted molar refractivity (Wildman–Crippen MR) is 116 cm³/mol. The van der Waals surface area contributed by atoms with Crippen LogP contribution < -0.4 is 0 Å². The molecule has 0 fully saturated rings. The van der Waals surface area contributed by atoms with Gasteiger partial charge < -0.3 is 8.98 Å². The van der Waals surface area contributed by atoms with Gasteiger partial charge in [0.2, 0.25) is 0 Å². The number of hydrogen-bond acceptors (Lipinski definition) is 1. The molecule has 0 saturated carbocycles. The number of para-hydroxylation sites is 2. The van der Waals surface area contributed by atoms with Crippen molar-refractivity contribution in [3.63, 3.8) is 0 Å². The van der Waals surface area contributed by atoms with Crippen LogP contribution in [0.5, 0.6) is 0 Å². The first-order chi connectivity index (χ1) is 13.3. The van der Waals surface area contributed by atoms with E-state index in [4.69, 9.17) is 4.42 Å². The maximum absolute atomic E-state index is 6.15. The van der Waals surface area contributed by atoms with Gasteiger partial charge in [-0.2, -0.15) is 0 Å². The van der Waals surface area contributed by atoms with E-state index in [1.165, 1.54) is 27.2 Å². The number of fused-ring (bicyclic) bond motifs is 7. The zero-order chi connectivity index (χ0) is 18.0. The molecule has 2 heterocycles. The molecule has 4 aromatic carbocycles. The van der Waals surface area contributed by atoms with Crippen molar-refractivity contribution in [2.24, 2.45) is 0 Å². The van der Waals surface area contributed by atoms with E-state index in [1.807, 2.05) is 12.1 Å². The standard InChI is InChI=1S/C24H14BrNO/c25-15-10-12-20-19(14-15)17-11-13-22-23(18-8-4-5-9-21(18)27-22)24(17)26(20)16-6-2-1-3-7-16/h1-14H. The van der Waals surface area contributed by atoms with Crippen molar-refractivity contribution in [1.29, 1.82) is 0 Å². The number of aromatic nitrogens is 1. The molecule has 0 atom stereocenters. The molecule has 0 aliphatic carbocycles. The second-order valence-corrected chi connectivity index (χ2v) is 7.68. The van der Waals surface area contributed by atoms with Gasteiger partial charge in [0.05, 0.1) is 16.4 Å². The summed E-state index contributed by atoms with van der Waals surface area (Å²) in [4.78, 5) is 0. The van der Waals surface area contributed by atoms with Crippen molar-refractivity contribution in [2.45, 2.75) is 0 Å². The number of hydrogen-bond donors (Lipinski definition) is 0. The number of nitrogens with zero attached hydrogens (tertiary/aromatic N) is 1. The molecule has 0 bridgehead atoms. The molecule has 2 aromatic heterocycles. The van der Waals surface area contributed by atoms with Gasteiger partial charge in [-0.1, -0.05) is 52.3 Å². The lowest BCUT2D eigenvalue weighted by Crippen LogP contribution is -1.93. The second kappa shape index (κ2) is 5.48. The Bertz CT molecular complexity index is 1470. The van der Waals surface area contributed by atoms with Crippen LogP contribution in [0.2, 0.25) is 0 Å². The third-order valence-corrected chi connectivity index (χ3v) is 5.74. The summed E-state index contributed by atoms with van der Waals surface area (Å²) in [7, 11) is 0. The lowest BCUT2D eigenvalue weighted by Gasteiger charge is -2.08. The smallest absolute Gasteiger partial charge is 0.137 e. The zero-order valence-corrected chi connectivity index (χ0v) is 15.9. The van der Waals surface area contributed by atoms with E-state index in [-0.39, 0.29) is 0 Å². The van der Waals surface area contributed by atoms with E-state index in [1.54, 1.807) is 0 Å². The van der Waals surface area contributed by atoms with E-state index in [2.05, 4.69) is 93.3 Å². The van der Waals surface area contributed by atoms with Crippen LogP contribution in [-0.4, -0.2) is 4.57 Å². The molecule has 128 valence electrons.